The van der Waals surface area contributed by atoms with Crippen LogP contribution in [0.5, 0.6) is 5.75 Å². The molecular formula is C25H26F4N4O3. The highest BCUT2D eigenvalue weighted by Crippen LogP contribution is 2.40. The first-order valence-electron chi connectivity index (χ1n) is 11.9. The molecule has 4 N–H and O–H groups in total. The van der Waals surface area contributed by atoms with E-state index in [0.717, 1.165) is 41.6 Å². The van der Waals surface area contributed by atoms with Crippen molar-refractivity contribution in [3.05, 3.63) is 52.6 Å². The Morgan fingerprint density at radius 1 is 1.25 bits per heavy atom. The number of H-pyrrole nitrogens is 1. The molecule has 1 aliphatic carbocycles. The van der Waals surface area contributed by atoms with E-state index in [0.29, 0.717) is 43.6 Å². The average Bonchev–Trinajstić information content (AvgIpc) is 3.20. The number of fused-ring (bicyclic) bond motifs is 3. The molecule has 2 aromatic heterocycles. The molecule has 36 heavy (non-hydrogen) atoms. The van der Waals surface area contributed by atoms with Crippen LogP contribution >= 0.6 is 0 Å². The fourth-order valence-electron chi connectivity index (χ4n) is 5.48. The third-order valence-corrected chi connectivity index (χ3v) is 7.24. The van der Waals surface area contributed by atoms with E-state index in [1.54, 1.807) is 4.90 Å². The van der Waals surface area contributed by atoms with Crippen LogP contribution in [0.25, 0.3) is 11.0 Å². The van der Waals surface area contributed by atoms with Crippen molar-refractivity contribution in [1.29, 1.82) is 0 Å². The summed E-state index contributed by atoms with van der Waals surface area (Å²) in [5, 5.41) is 10.4. The van der Waals surface area contributed by atoms with Crippen molar-refractivity contribution in [2.75, 3.05) is 25.4 Å². The van der Waals surface area contributed by atoms with Crippen molar-refractivity contribution >= 4 is 22.6 Å². The molecule has 0 saturated carbocycles. The number of pyridine rings is 1. The lowest BCUT2D eigenvalue weighted by Gasteiger charge is -2.33. The third kappa shape index (κ3) is 4.59. The Morgan fingerprint density at radius 2 is 2.00 bits per heavy atom. The highest BCUT2D eigenvalue weighted by Gasteiger charge is 2.33. The summed E-state index contributed by atoms with van der Waals surface area (Å²) in [6.45, 7) is 0.773. The van der Waals surface area contributed by atoms with Gasteiger partial charge >= 0.3 is 6.36 Å². The zero-order valence-electron chi connectivity index (χ0n) is 19.4. The minimum absolute atomic E-state index is 0.0805. The lowest BCUT2D eigenvalue weighted by atomic mass is 9.82. The van der Waals surface area contributed by atoms with E-state index in [2.05, 4.69) is 14.7 Å². The van der Waals surface area contributed by atoms with E-state index in [-0.39, 0.29) is 35.5 Å². The summed E-state index contributed by atoms with van der Waals surface area (Å²) in [7, 11) is 0. The molecule has 1 fully saturated rings. The molecular weight excluding hydrogens is 480 g/mol. The Hall–Kier alpha value is -3.34. The number of aliphatic hydroxyl groups is 1. The number of aromatic amines is 1. The number of aryl methyl sites for hydroxylation is 1. The smallest absolute Gasteiger partial charge is 0.406 e. The van der Waals surface area contributed by atoms with Gasteiger partial charge in [-0.3, -0.25) is 4.79 Å². The second-order valence-electron chi connectivity index (χ2n) is 9.48. The molecule has 1 aromatic carbocycles. The van der Waals surface area contributed by atoms with Crippen LogP contribution in [-0.4, -0.2) is 51.9 Å². The van der Waals surface area contributed by atoms with Crippen molar-refractivity contribution in [1.82, 2.24) is 14.9 Å². The monoisotopic (exact) mass is 506 g/mol. The van der Waals surface area contributed by atoms with Crippen molar-refractivity contribution < 1.29 is 32.2 Å². The number of rotatable bonds is 4. The van der Waals surface area contributed by atoms with Gasteiger partial charge in [-0.2, -0.15) is 0 Å². The Morgan fingerprint density at radius 3 is 2.67 bits per heavy atom. The summed E-state index contributed by atoms with van der Waals surface area (Å²) in [5.74, 6) is -1.27. The molecule has 192 valence electrons. The van der Waals surface area contributed by atoms with Crippen LogP contribution in [0.1, 0.15) is 52.4 Å². The van der Waals surface area contributed by atoms with Gasteiger partial charge in [0, 0.05) is 48.1 Å². The molecule has 3 aromatic rings. The van der Waals surface area contributed by atoms with Crippen molar-refractivity contribution in [3.8, 4) is 5.75 Å². The zero-order valence-corrected chi connectivity index (χ0v) is 19.4. The summed E-state index contributed by atoms with van der Waals surface area (Å²) >= 11 is 0. The number of aliphatic hydroxyl groups excluding tert-OH is 1. The molecule has 7 nitrogen and oxygen atoms in total. The van der Waals surface area contributed by atoms with Crippen LogP contribution < -0.4 is 10.5 Å². The summed E-state index contributed by atoms with van der Waals surface area (Å²) in [5.41, 5.74) is 9.13. The number of hydrogen-bond acceptors (Lipinski definition) is 5. The minimum Gasteiger partial charge on any atom is -0.406 e. The third-order valence-electron chi connectivity index (χ3n) is 7.24. The van der Waals surface area contributed by atoms with E-state index in [1.807, 2.05) is 0 Å². The minimum atomic E-state index is -4.86. The first kappa shape index (κ1) is 24.4. The maximum absolute atomic E-state index is 15.1. The zero-order chi connectivity index (χ0) is 25.6. The number of alkyl halides is 3. The lowest BCUT2D eigenvalue weighted by molar-refractivity contribution is -0.274. The molecule has 1 saturated heterocycles. The number of anilines is 1. The molecule has 0 unspecified atom stereocenters. The van der Waals surface area contributed by atoms with Gasteiger partial charge in [-0.05, 0) is 61.6 Å². The predicted octanol–water partition coefficient (Wildman–Crippen LogP) is 4.30. The quantitative estimate of drug-likeness (QED) is 0.362. The molecule has 1 aliphatic heterocycles. The van der Waals surface area contributed by atoms with Gasteiger partial charge in [0.2, 0.25) is 0 Å². The Bertz CT molecular complexity index is 1300. The summed E-state index contributed by atoms with van der Waals surface area (Å²) in [4.78, 5) is 22.2. The highest BCUT2D eigenvalue weighted by molar-refractivity contribution is 5.99. The molecule has 0 bridgehead atoms. The van der Waals surface area contributed by atoms with Crippen LogP contribution in [0.4, 0.5) is 23.2 Å². The average molecular weight is 507 g/mol. The first-order valence-corrected chi connectivity index (χ1v) is 11.9. The molecule has 0 spiro atoms. The second-order valence-corrected chi connectivity index (χ2v) is 9.48. The number of nitrogens with two attached hydrogens (primary N) is 1. The number of likely N-dealkylation sites (tertiary alicyclic amines) is 1. The van der Waals surface area contributed by atoms with Gasteiger partial charge in [-0.25, -0.2) is 9.37 Å². The van der Waals surface area contributed by atoms with Crippen molar-refractivity contribution in [3.63, 3.8) is 0 Å². The largest absolute Gasteiger partial charge is 0.573 e. The molecule has 1 amide bonds. The highest BCUT2D eigenvalue weighted by atomic mass is 19.4. The Labute approximate surface area is 204 Å². The van der Waals surface area contributed by atoms with E-state index in [9.17, 15) is 23.1 Å². The molecule has 11 heteroatoms. The number of nitrogens with one attached hydrogen (secondary N) is 1. The number of carbonyl (C=O) groups is 1. The molecule has 3 heterocycles. The van der Waals surface area contributed by atoms with Gasteiger partial charge < -0.3 is 25.5 Å². The Balaban J connectivity index is 1.35. The van der Waals surface area contributed by atoms with Crippen molar-refractivity contribution in [2.24, 2.45) is 5.92 Å². The number of benzene rings is 1. The topological polar surface area (TPSA) is 104 Å². The summed E-state index contributed by atoms with van der Waals surface area (Å²) in [6.07, 6.45) is -0.299. The van der Waals surface area contributed by atoms with Crippen LogP contribution in [0.15, 0.2) is 24.4 Å². The maximum Gasteiger partial charge on any atom is 0.573 e. The second kappa shape index (κ2) is 9.27. The summed E-state index contributed by atoms with van der Waals surface area (Å²) < 4.78 is 56.4. The van der Waals surface area contributed by atoms with E-state index in [1.165, 1.54) is 12.3 Å². The van der Waals surface area contributed by atoms with E-state index < -0.39 is 18.0 Å². The molecule has 0 radical (unpaired) electrons. The number of aromatic nitrogens is 2. The number of nitrogens with zero attached hydrogens (tertiary/aromatic N) is 2. The lowest BCUT2D eigenvalue weighted by Crippen LogP contribution is -2.38. The van der Waals surface area contributed by atoms with Gasteiger partial charge in [-0.1, -0.05) is 0 Å². The Kier molecular flexibility index (Phi) is 6.27. The van der Waals surface area contributed by atoms with Crippen LogP contribution in [0.2, 0.25) is 0 Å². The van der Waals surface area contributed by atoms with E-state index in [4.69, 9.17) is 5.73 Å². The number of halogens is 4. The molecule has 5 rings (SSSR count). The maximum atomic E-state index is 15.1. The molecule has 1 atom stereocenters. The fourth-order valence-corrected chi connectivity index (χ4v) is 5.48. The van der Waals surface area contributed by atoms with Crippen molar-refractivity contribution in [2.45, 2.75) is 44.4 Å². The number of hydrogen-bond donors (Lipinski definition) is 3. The van der Waals surface area contributed by atoms with Crippen LogP contribution in [0, 0.1) is 11.7 Å². The number of carbonyl (C=O) groups excluding carboxylic acids is 1. The predicted molar refractivity (Wildman–Crippen MR) is 124 cm³/mol. The number of nitrogen functional groups attached to an aromatic ring is 1. The molecule has 2 aliphatic rings. The SMILES string of the molecule is Nc1cc(OC(F)(F)F)ccc1C(=O)N1CCC(c2c(F)cnc3[nH]c4c(c23)C[C@@H](CO)CC4)CC1. The van der Waals surface area contributed by atoms with Gasteiger partial charge in [0.25, 0.3) is 5.91 Å². The first-order chi connectivity index (χ1) is 17.1. The van der Waals surface area contributed by atoms with Crippen LogP contribution in [0.3, 0.4) is 0 Å². The number of amides is 1. The normalized spacial score (nSPS) is 18.9. The summed E-state index contributed by atoms with van der Waals surface area (Å²) in [6, 6.07) is 3.26. The number of piperidine rings is 1. The van der Waals surface area contributed by atoms with E-state index >= 15 is 4.39 Å². The van der Waals surface area contributed by atoms with Gasteiger partial charge in [-0.15, -0.1) is 13.2 Å². The van der Waals surface area contributed by atoms with Crippen LogP contribution in [-0.2, 0) is 12.8 Å². The standard InChI is InChI=1S/C25H26F4N4O3/c26-18-11-31-23-22(17-9-13(12-34)1-4-20(17)32-23)21(18)14-5-7-33(8-6-14)24(35)16-3-2-15(10-19(16)30)36-25(27,28)29/h2-3,10-11,13-14,34H,1,4-9,12,30H2,(H,31,32)/t13-/m0/s1. The van der Waals surface area contributed by atoms with Gasteiger partial charge in [0.1, 0.15) is 17.2 Å². The van der Waals surface area contributed by atoms with Gasteiger partial charge in [0.15, 0.2) is 0 Å². The fraction of sp³-hybridized carbons (Fsp3) is 0.440. The number of ether oxygens (including phenoxy) is 1. The van der Waals surface area contributed by atoms with Gasteiger partial charge in [0.05, 0.1) is 11.8 Å².